The summed E-state index contributed by atoms with van der Waals surface area (Å²) in [5.74, 6) is 0.258. The molecule has 2 aromatic carbocycles. The molecule has 2 rings (SSSR count). The Morgan fingerprint density at radius 2 is 1.62 bits per heavy atom. The van der Waals surface area contributed by atoms with Crippen molar-refractivity contribution in [1.82, 2.24) is 0 Å². The predicted octanol–water partition coefficient (Wildman–Crippen LogP) is 3.56. The molecule has 0 atom stereocenters. The van der Waals surface area contributed by atoms with E-state index in [9.17, 15) is 9.59 Å². The third-order valence-corrected chi connectivity index (χ3v) is 3.59. The Morgan fingerprint density at radius 1 is 0.962 bits per heavy atom. The fraction of sp³-hybridized carbons (Fsp3) is 0.300. The van der Waals surface area contributed by atoms with Gasteiger partial charge in [-0.05, 0) is 42.5 Å². The van der Waals surface area contributed by atoms with Crippen molar-refractivity contribution in [3.63, 3.8) is 0 Å². The molecule has 0 spiro atoms. The number of ether oxygens (including phenoxy) is 2. The van der Waals surface area contributed by atoms with Gasteiger partial charge in [0, 0.05) is 30.0 Å². The Labute approximate surface area is 153 Å². The lowest BCUT2D eigenvalue weighted by Crippen LogP contribution is -2.18. The number of anilines is 2. The van der Waals surface area contributed by atoms with E-state index in [-0.39, 0.29) is 17.7 Å². The van der Waals surface area contributed by atoms with E-state index in [4.69, 9.17) is 9.47 Å². The molecule has 26 heavy (non-hydrogen) atoms. The summed E-state index contributed by atoms with van der Waals surface area (Å²) in [5, 5.41) is 5.63. The Hall–Kier alpha value is -2.86. The van der Waals surface area contributed by atoms with E-state index < -0.39 is 0 Å². The van der Waals surface area contributed by atoms with Crippen LogP contribution in [0.15, 0.2) is 48.5 Å². The van der Waals surface area contributed by atoms with Gasteiger partial charge in [0.2, 0.25) is 5.91 Å². The number of carbonyl (C=O) groups is 2. The molecular formula is C20H24N2O4. The van der Waals surface area contributed by atoms with Crippen LogP contribution in [-0.4, -0.2) is 32.1 Å². The largest absolute Gasteiger partial charge is 0.491 e. The van der Waals surface area contributed by atoms with E-state index in [1.807, 2.05) is 13.8 Å². The summed E-state index contributed by atoms with van der Waals surface area (Å²) in [6.07, 6.45) is 0. The minimum absolute atomic E-state index is 0.0717. The van der Waals surface area contributed by atoms with Gasteiger partial charge in [0.1, 0.15) is 12.4 Å². The van der Waals surface area contributed by atoms with Gasteiger partial charge >= 0.3 is 0 Å². The maximum atomic E-state index is 12.4. The van der Waals surface area contributed by atoms with Crippen molar-refractivity contribution >= 4 is 23.2 Å². The zero-order valence-electron chi connectivity index (χ0n) is 15.2. The van der Waals surface area contributed by atoms with Crippen LogP contribution in [0.1, 0.15) is 24.2 Å². The lowest BCUT2D eigenvalue weighted by molar-refractivity contribution is -0.118. The minimum atomic E-state index is -0.235. The van der Waals surface area contributed by atoms with Crippen LogP contribution in [0.25, 0.3) is 0 Å². The molecule has 6 heteroatoms. The van der Waals surface area contributed by atoms with Crippen molar-refractivity contribution < 1.29 is 19.1 Å². The lowest BCUT2D eigenvalue weighted by atomic mass is 10.2. The molecule has 0 aliphatic carbocycles. The molecule has 0 aromatic heterocycles. The van der Waals surface area contributed by atoms with Gasteiger partial charge in [0.25, 0.3) is 5.91 Å². The molecule has 2 N–H and O–H groups in total. The first-order valence-corrected chi connectivity index (χ1v) is 8.43. The molecule has 0 bridgehead atoms. The van der Waals surface area contributed by atoms with Gasteiger partial charge in [-0.1, -0.05) is 19.9 Å². The molecule has 0 aliphatic heterocycles. The van der Waals surface area contributed by atoms with E-state index >= 15 is 0 Å². The monoisotopic (exact) mass is 356 g/mol. The van der Waals surface area contributed by atoms with Gasteiger partial charge in [0.15, 0.2) is 0 Å². The topological polar surface area (TPSA) is 76.7 Å². The Balaban J connectivity index is 1.97. The highest BCUT2D eigenvalue weighted by atomic mass is 16.5. The van der Waals surface area contributed by atoms with E-state index in [0.717, 1.165) is 0 Å². The number of hydrogen-bond acceptors (Lipinski definition) is 4. The van der Waals surface area contributed by atoms with Crippen LogP contribution in [0.2, 0.25) is 0 Å². The number of methoxy groups -OCH3 is 1. The van der Waals surface area contributed by atoms with Crippen LogP contribution in [0, 0.1) is 5.92 Å². The lowest BCUT2D eigenvalue weighted by Gasteiger charge is -2.11. The summed E-state index contributed by atoms with van der Waals surface area (Å²) in [4.78, 5) is 24.1. The van der Waals surface area contributed by atoms with Gasteiger partial charge in [-0.15, -0.1) is 0 Å². The van der Waals surface area contributed by atoms with Gasteiger partial charge in [-0.2, -0.15) is 0 Å². The number of carbonyl (C=O) groups excluding carboxylic acids is 2. The first-order valence-electron chi connectivity index (χ1n) is 8.43. The fourth-order valence-electron chi connectivity index (χ4n) is 2.11. The molecule has 0 aliphatic rings. The minimum Gasteiger partial charge on any atom is -0.491 e. The van der Waals surface area contributed by atoms with Crippen LogP contribution in [0.4, 0.5) is 11.4 Å². The third-order valence-electron chi connectivity index (χ3n) is 3.59. The maximum Gasteiger partial charge on any atom is 0.255 e. The first-order chi connectivity index (χ1) is 12.5. The van der Waals surface area contributed by atoms with Crippen molar-refractivity contribution in [2.45, 2.75) is 13.8 Å². The molecule has 0 fully saturated rings. The zero-order chi connectivity index (χ0) is 18.9. The number of hydrogen-bond donors (Lipinski definition) is 2. The molecule has 0 saturated carbocycles. The first kappa shape index (κ1) is 19.5. The standard InChI is InChI=1S/C20H24N2O4/c1-14(2)19(23)21-16-5-4-6-17(13-16)22-20(24)15-7-9-18(10-8-15)26-12-11-25-3/h4-10,13-14H,11-12H2,1-3H3,(H,21,23)(H,22,24). The summed E-state index contributed by atoms with van der Waals surface area (Å²) in [7, 11) is 1.61. The number of rotatable bonds is 8. The van der Waals surface area contributed by atoms with E-state index in [1.54, 1.807) is 55.6 Å². The van der Waals surface area contributed by atoms with Crippen LogP contribution >= 0.6 is 0 Å². The Bertz CT molecular complexity index is 742. The summed E-state index contributed by atoms with van der Waals surface area (Å²) < 4.78 is 10.4. The van der Waals surface area contributed by atoms with Gasteiger partial charge in [-0.3, -0.25) is 9.59 Å². The Kier molecular flexibility index (Phi) is 7.17. The van der Waals surface area contributed by atoms with Crippen LogP contribution in [0.5, 0.6) is 5.75 Å². The molecule has 0 saturated heterocycles. The smallest absolute Gasteiger partial charge is 0.255 e. The van der Waals surface area contributed by atoms with Crippen molar-refractivity contribution in [3.8, 4) is 5.75 Å². The van der Waals surface area contributed by atoms with Gasteiger partial charge < -0.3 is 20.1 Å². The molecule has 2 aromatic rings. The molecule has 138 valence electrons. The third kappa shape index (κ3) is 5.89. The fourth-order valence-corrected chi connectivity index (χ4v) is 2.11. The van der Waals surface area contributed by atoms with E-state index in [0.29, 0.717) is 35.9 Å². The maximum absolute atomic E-state index is 12.4. The predicted molar refractivity (Wildman–Crippen MR) is 102 cm³/mol. The van der Waals surface area contributed by atoms with Crippen LogP contribution < -0.4 is 15.4 Å². The van der Waals surface area contributed by atoms with Crippen molar-refractivity contribution in [3.05, 3.63) is 54.1 Å². The second-order valence-corrected chi connectivity index (χ2v) is 6.04. The molecule has 0 radical (unpaired) electrons. The SMILES string of the molecule is COCCOc1ccc(C(=O)Nc2cccc(NC(=O)C(C)C)c2)cc1. The Morgan fingerprint density at radius 3 is 2.23 bits per heavy atom. The van der Waals surface area contributed by atoms with E-state index in [2.05, 4.69) is 10.6 Å². The van der Waals surface area contributed by atoms with Crippen LogP contribution in [0.3, 0.4) is 0 Å². The van der Waals surface area contributed by atoms with Crippen molar-refractivity contribution in [2.75, 3.05) is 31.0 Å². The molecule has 2 amide bonds. The van der Waals surface area contributed by atoms with Crippen molar-refractivity contribution in [1.29, 1.82) is 0 Å². The zero-order valence-corrected chi connectivity index (χ0v) is 15.2. The molecule has 0 heterocycles. The number of benzene rings is 2. The highest BCUT2D eigenvalue weighted by Gasteiger charge is 2.09. The summed E-state index contributed by atoms with van der Waals surface area (Å²) >= 11 is 0. The highest BCUT2D eigenvalue weighted by Crippen LogP contribution is 2.18. The highest BCUT2D eigenvalue weighted by molar-refractivity contribution is 6.04. The second-order valence-electron chi connectivity index (χ2n) is 6.04. The molecule has 0 unspecified atom stereocenters. The number of amides is 2. The quantitative estimate of drug-likeness (QED) is 0.709. The van der Waals surface area contributed by atoms with Crippen LogP contribution in [-0.2, 0) is 9.53 Å². The van der Waals surface area contributed by atoms with E-state index in [1.165, 1.54) is 0 Å². The molecular weight excluding hydrogens is 332 g/mol. The number of nitrogens with one attached hydrogen (secondary N) is 2. The summed E-state index contributed by atoms with van der Waals surface area (Å²) in [6, 6.07) is 13.9. The summed E-state index contributed by atoms with van der Waals surface area (Å²) in [6.45, 7) is 4.61. The average Bonchev–Trinajstić information content (AvgIpc) is 2.62. The average molecular weight is 356 g/mol. The molecule has 6 nitrogen and oxygen atoms in total. The second kappa shape index (κ2) is 9.58. The van der Waals surface area contributed by atoms with Gasteiger partial charge in [0.05, 0.1) is 6.61 Å². The normalized spacial score (nSPS) is 10.5. The van der Waals surface area contributed by atoms with Gasteiger partial charge in [-0.25, -0.2) is 0 Å². The van der Waals surface area contributed by atoms with Crippen molar-refractivity contribution in [2.24, 2.45) is 5.92 Å². The summed E-state index contributed by atoms with van der Waals surface area (Å²) in [5.41, 5.74) is 1.76.